The molecule has 0 aliphatic heterocycles. The fraction of sp³-hybridized carbons (Fsp3) is 0.107. The molecular weight excluding hydrogens is 701 g/mol. The topological polar surface area (TPSA) is 8.17 Å². The first-order valence-electron chi connectivity index (χ1n) is 20.4. The molecule has 0 fully saturated rings. The van der Waals surface area contributed by atoms with E-state index in [0.29, 0.717) is 0 Å². The number of hydrogen-bond donors (Lipinski definition) is 0. The normalized spacial score (nSPS) is 14.4. The van der Waals surface area contributed by atoms with Gasteiger partial charge in [0.15, 0.2) is 0 Å². The van der Waals surface area contributed by atoms with Gasteiger partial charge in [-0.3, -0.25) is 0 Å². The predicted molar refractivity (Wildman–Crippen MR) is 246 cm³/mol. The second-order valence-corrected chi connectivity index (χ2v) is 17.0. The van der Waals surface area contributed by atoms with Crippen LogP contribution in [0.4, 0.5) is 17.1 Å². The summed E-state index contributed by atoms with van der Waals surface area (Å²) in [5.41, 5.74) is 20.2. The van der Waals surface area contributed by atoms with Crippen LogP contribution in [0.25, 0.3) is 61.9 Å². The van der Waals surface area contributed by atoms with Crippen LogP contribution in [0.2, 0.25) is 0 Å². The van der Waals surface area contributed by atoms with Gasteiger partial charge in [0, 0.05) is 44.4 Å². The molecule has 2 nitrogen and oxygen atoms in total. The smallest absolute Gasteiger partial charge is 0.0588 e. The first-order chi connectivity index (χ1) is 28.3. The Hall–Kier alpha value is -6.90. The molecule has 0 bridgehead atoms. The molecule has 1 aromatic heterocycles. The highest BCUT2D eigenvalue weighted by Gasteiger charge is 2.39. The Balaban J connectivity index is 0.947. The van der Waals surface area contributed by atoms with Crippen molar-refractivity contribution in [3.8, 4) is 27.9 Å². The van der Waals surface area contributed by atoms with E-state index in [4.69, 9.17) is 0 Å². The number of benzene rings is 8. The predicted octanol–water partition coefficient (Wildman–Crippen LogP) is 15.0. The molecule has 0 radical (unpaired) electrons. The van der Waals surface area contributed by atoms with Gasteiger partial charge in [0.25, 0.3) is 0 Å². The monoisotopic (exact) mass is 744 g/mol. The number of nitrogens with zero attached hydrogens (tertiary/aromatic N) is 2. The van der Waals surface area contributed by atoms with Gasteiger partial charge < -0.3 is 9.47 Å². The van der Waals surface area contributed by atoms with Crippen molar-refractivity contribution in [2.75, 3.05) is 4.90 Å². The second kappa shape index (κ2) is 12.8. The Bertz CT molecular complexity index is 3050. The highest BCUT2D eigenvalue weighted by molar-refractivity contribution is 6.13. The lowest BCUT2D eigenvalue weighted by atomic mass is 9.81. The van der Waals surface area contributed by atoms with Crippen LogP contribution >= 0.6 is 0 Å². The van der Waals surface area contributed by atoms with Crippen molar-refractivity contribution >= 4 is 51.0 Å². The maximum absolute atomic E-state index is 2.55. The lowest BCUT2D eigenvalue weighted by Gasteiger charge is -2.25. The quantitative estimate of drug-likeness (QED) is 0.154. The fourth-order valence-electron chi connectivity index (χ4n) is 10.1. The van der Waals surface area contributed by atoms with Crippen molar-refractivity contribution in [3.63, 3.8) is 0 Å². The van der Waals surface area contributed by atoms with Gasteiger partial charge in [0.2, 0.25) is 0 Å². The SMILES string of the molecule is CC1(C)c2cc(/C=C/c3ccc(N(c4ccccc4)c4ccccc4)cc3)ccc2-c2ccc(-n3c4ccccc4c4ccc5c(c43)C(C)(C)c3ccccc3-5)cc21. The molecule has 2 aliphatic carbocycles. The zero-order valence-electron chi connectivity index (χ0n) is 33.4. The number of fused-ring (bicyclic) bond motifs is 10. The van der Waals surface area contributed by atoms with Crippen LogP contribution in [0.5, 0.6) is 0 Å². The van der Waals surface area contributed by atoms with Crippen LogP contribution in [0.3, 0.4) is 0 Å². The van der Waals surface area contributed by atoms with E-state index in [-0.39, 0.29) is 10.8 Å². The van der Waals surface area contributed by atoms with Crippen molar-refractivity contribution in [3.05, 3.63) is 215 Å². The highest BCUT2D eigenvalue weighted by Crippen LogP contribution is 2.54. The van der Waals surface area contributed by atoms with Gasteiger partial charge in [-0.05, 0) is 110 Å². The molecule has 0 atom stereocenters. The lowest BCUT2D eigenvalue weighted by molar-refractivity contribution is 0.659. The zero-order valence-corrected chi connectivity index (χ0v) is 33.4. The average Bonchev–Trinajstić information content (AvgIpc) is 3.80. The molecule has 2 aliphatic rings. The van der Waals surface area contributed by atoms with Crippen LogP contribution in [0.1, 0.15) is 61.1 Å². The van der Waals surface area contributed by atoms with Crippen LogP contribution in [0.15, 0.2) is 182 Å². The minimum absolute atomic E-state index is 0.125. The molecule has 278 valence electrons. The minimum atomic E-state index is -0.166. The third kappa shape index (κ3) is 5.11. The molecule has 9 aromatic rings. The van der Waals surface area contributed by atoms with E-state index in [1.165, 1.54) is 83.1 Å². The lowest BCUT2D eigenvalue weighted by Crippen LogP contribution is -2.17. The number of para-hydroxylation sites is 3. The van der Waals surface area contributed by atoms with Crippen molar-refractivity contribution in [2.45, 2.75) is 38.5 Å². The van der Waals surface area contributed by atoms with Crippen LogP contribution < -0.4 is 4.90 Å². The Labute approximate surface area is 341 Å². The van der Waals surface area contributed by atoms with Crippen LogP contribution in [0, 0.1) is 0 Å². The van der Waals surface area contributed by atoms with E-state index in [2.05, 4.69) is 231 Å². The van der Waals surface area contributed by atoms with Crippen molar-refractivity contribution in [1.29, 1.82) is 0 Å². The number of anilines is 3. The first-order valence-corrected chi connectivity index (χ1v) is 20.4. The molecule has 0 saturated heterocycles. The van der Waals surface area contributed by atoms with Crippen molar-refractivity contribution in [2.24, 2.45) is 0 Å². The highest BCUT2D eigenvalue weighted by atomic mass is 15.1. The molecule has 2 heteroatoms. The second-order valence-electron chi connectivity index (χ2n) is 17.0. The average molecular weight is 745 g/mol. The Morgan fingerprint density at radius 1 is 0.414 bits per heavy atom. The van der Waals surface area contributed by atoms with Crippen molar-refractivity contribution in [1.82, 2.24) is 4.57 Å². The molecule has 0 spiro atoms. The van der Waals surface area contributed by atoms with Gasteiger partial charge in [-0.2, -0.15) is 0 Å². The summed E-state index contributed by atoms with van der Waals surface area (Å²) in [6.07, 6.45) is 4.49. The third-order valence-corrected chi connectivity index (χ3v) is 12.9. The summed E-state index contributed by atoms with van der Waals surface area (Å²) >= 11 is 0. The number of hydrogen-bond acceptors (Lipinski definition) is 1. The minimum Gasteiger partial charge on any atom is -0.311 e. The third-order valence-electron chi connectivity index (χ3n) is 12.9. The van der Waals surface area contributed by atoms with Gasteiger partial charge >= 0.3 is 0 Å². The number of rotatable bonds is 6. The first kappa shape index (κ1) is 34.4. The van der Waals surface area contributed by atoms with Crippen molar-refractivity contribution < 1.29 is 0 Å². The van der Waals surface area contributed by atoms with E-state index in [9.17, 15) is 0 Å². The van der Waals surface area contributed by atoms with Crippen LogP contribution in [-0.2, 0) is 10.8 Å². The van der Waals surface area contributed by atoms with E-state index >= 15 is 0 Å². The molecule has 0 N–H and O–H groups in total. The Morgan fingerprint density at radius 3 is 1.71 bits per heavy atom. The maximum Gasteiger partial charge on any atom is 0.0588 e. The fourth-order valence-corrected chi connectivity index (χ4v) is 10.1. The standard InChI is InChI=1S/C56H44N2/c1-55(2)50-35-38(24-23-37-25-28-41(29-26-37)57(39-15-7-5-8-16-39)40-17-9-6-10-18-40)27-31-44(50)45-32-30-42(36-51(45)55)58-52-22-14-12-20-46(52)48-34-33-47-43-19-11-13-21-49(43)56(3,4)53(47)54(48)58/h5-36H,1-4H3/b24-23+. The molecule has 0 amide bonds. The van der Waals surface area contributed by atoms with E-state index in [0.717, 1.165) is 17.1 Å². The van der Waals surface area contributed by atoms with Gasteiger partial charge in [-0.15, -0.1) is 0 Å². The summed E-state index contributed by atoms with van der Waals surface area (Å²) in [6, 6.07) is 66.8. The van der Waals surface area contributed by atoms with Crippen LogP contribution in [-0.4, -0.2) is 4.57 Å². The molecule has 8 aromatic carbocycles. The Morgan fingerprint density at radius 2 is 0.966 bits per heavy atom. The molecule has 0 saturated carbocycles. The molecule has 0 unspecified atom stereocenters. The van der Waals surface area contributed by atoms with Gasteiger partial charge in [-0.25, -0.2) is 0 Å². The van der Waals surface area contributed by atoms with Gasteiger partial charge in [0.1, 0.15) is 0 Å². The summed E-state index contributed by atoms with van der Waals surface area (Å²) in [5.74, 6) is 0. The largest absolute Gasteiger partial charge is 0.311 e. The molecule has 11 rings (SSSR count). The summed E-state index contributed by atoms with van der Waals surface area (Å²) in [4.78, 5) is 2.30. The summed E-state index contributed by atoms with van der Waals surface area (Å²) in [5, 5.41) is 2.61. The van der Waals surface area contributed by atoms with Gasteiger partial charge in [0.05, 0.1) is 11.0 Å². The number of aromatic nitrogens is 1. The molecule has 58 heavy (non-hydrogen) atoms. The zero-order chi connectivity index (χ0) is 39.2. The summed E-state index contributed by atoms with van der Waals surface area (Å²) in [7, 11) is 0. The Kier molecular flexibility index (Phi) is 7.59. The maximum atomic E-state index is 2.55. The van der Waals surface area contributed by atoms with Gasteiger partial charge in [-0.1, -0.05) is 167 Å². The van der Waals surface area contributed by atoms with E-state index in [1.54, 1.807) is 0 Å². The molecular formula is C56H44N2. The van der Waals surface area contributed by atoms with E-state index < -0.39 is 0 Å². The van der Waals surface area contributed by atoms with E-state index in [1.807, 2.05) is 0 Å². The summed E-state index contributed by atoms with van der Waals surface area (Å²) in [6.45, 7) is 9.58. The summed E-state index contributed by atoms with van der Waals surface area (Å²) < 4.78 is 2.55. The molecule has 1 heterocycles.